The highest BCUT2D eigenvalue weighted by atomic mass is 16.2. The molecule has 2 heterocycles. The van der Waals surface area contributed by atoms with E-state index >= 15 is 0 Å². The van der Waals surface area contributed by atoms with E-state index in [-0.39, 0.29) is 17.2 Å². The van der Waals surface area contributed by atoms with Crippen molar-refractivity contribution in [3.8, 4) is 0 Å². The molecule has 0 aromatic heterocycles. The fourth-order valence-electron chi connectivity index (χ4n) is 4.09. The van der Waals surface area contributed by atoms with E-state index < -0.39 is 0 Å². The Balaban J connectivity index is 1.85. The van der Waals surface area contributed by atoms with E-state index in [2.05, 4.69) is 37.9 Å². The Morgan fingerprint density at radius 1 is 1.07 bits per heavy atom. The second-order valence-corrected chi connectivity index (χ2v) is 9.69. The largest absolute Gasteiger partial charge is 0.371 e. The lowest BCUT2D eigenvalue weighted by atomic mass is 9.92. The Kier molecular flexibility index (Phi) is 6.31. The molecule has 28 heavy (non-hydrogen) atoms. The van der Waals surface area contributed by atoms with E-state index in [1.165, 1.54) is 0 Å². The van der Waals surface area contributed by atoms with Gasteiger partial charge in [-0.3, -0.25) is 9.59 Å². The van der Waals surface area contributed by atoms with Gasteiger partial charge in [-0.05, 0) is 55.2 Å². The fraction of sp³-hybridized carbons (Fsp3) is 0.652. The molecule has 0 unspecified atom stereocenters. The summed E-state index contributed by atoms with van der Waals surface area (Å²) in [4.78, 5) is 29.9. The number of hydrogen-bond donors (Lipinski definition) is 1. The monoisotopic (exact) mass is 385 g/mol. The number of likely N-dealkylation sites (tertiary alicyclic amines) is 1. The molecule has 1 N–H and O–H groups in total. The molecule has 2 aliphatic heterocycles. The number of nitrogens with one attached hydrogen (secondary N) is 1. The number of nitrogens with zero attached hydrogens (tertiary/aromatic N) is 2. The third-order valence-corrected chi connectivity index (χ3v) is 5.72. The van der Waals surface area contributed by atoms with Crippen LogP contribution in [0, 0.1) is 11.3 Å². The molecule has 1 aromatic carbocycles. The standard InChI is InChI=1S/C23H35N3O2/c1-17-9-13-25(14-10-17)20-8-7-18(24-21(27)16-23(2,3)4)15-19(20)22(28)26-11-5-6-12-26/h7-8,15,17H,5-6,9-14,16H2,1-4H3,(H,24,27). The van der Waals surface area contributed by atoms with Crippen LogP contribution in [0.2, 0.25) is 0 Å². The van der Waals surface area contributed by atoms with E-state index in [1.54, 1.807) is 0 Å². The van der Waals surface area contributed by atoms with E-state index in [9.17, 15) is 9.59 Å². The van der Waals surface area contributed by atoms with Crippen molar-refractivity contribution in [2.24, 2.45) is 11.3 Å². The van der Waals surface area contributed by atoms with Crippen molar-refractivity contribution < 1.29 is 9.59 Å². The molecule has 0 atom stereocenters. The maximum absolute atomic E-state index is 13.2. The molecule has 2 saturated heterocycles. The lowest BCUT2D eigenvalue weighted by Gasteiger charge is -2.34. The van der Waals surface area contributed by atoms with Crippen LogP contribution in [0.25, 0.3) is 0 Å². The van der Waals surface area contributed by atoms with Crippen LogP contribution in [0.4, 0.5) is 11.4 Å². The van der Waals surface area contributed by atoms with Crippen LogP contribution in [0.3, 0.4) is 0 Å². The van der Waals surface area contributed by atoms with E-state index in [0.717, 1.165) is 69.0 Å². The molecule has 5 nitrogen and oxygen atoms in total. The summed E-state index contributed by atoms with van der Waals surface area (Å²) in [5, 5.41) is 2.99. The highest BCUT2D eigenvalue weighted by Gasteiger charge is 2.26. The lowest BCUT2D eigenvalue weighted by molar-refractivity contribution is -0.117. The van der Waals surface area contributed by atoms with Gasteiger partial charge in [0.15, 0.2) is 0 Å². The molecular weight excluding hydrogens is 350 g/mol. The van der Waals surface area contributed by atoms with Gasteiger partial charge < -0.3 is 15.1 Å². The first-order chi connectivity index (χ1) is 13.2. The highest BCUT2D eigenvalue weighted by Crippen LogP contribution is 2.31. The van der Waals surface area contributed by atoms with Crippen LogP contribution in [-0.2, 0) is 4.79 Å². The topological polar surface area (TPSA) is 52.7 Å². The Morgan fingerprint density at radius 2 is 1.71 bits per heavy atom. The molecule has 0 saturated carbocycles. The molecule has 5 heteroatoms. The number of hydrogen-bond acceptors (Lipinski definition) is 3. The number of piperidine rings is 1. The molecule has 2 amide bonds. The minimum Gasteiger partial charge on any atom is -0.371 e. The van der Waals surface area contributed by atoms with Gasteiger partial charge in [0, 0.05) is 44.0 Å². The Hall–Kier alpha value is -2.04. The fourth-order valence-corrected chi connectivity index (χ4v) is 4.09. The van der Waals surface area contributed by atoms with Gasteiger partial charge in [-0.15, -0.1) is 0 Å². The molecule has 2 fully saturated rings. The molecule has 0 spiro atoms. The Labute approximate surface area is 169 Å². The van der Waals surface area contributed by atoms with Crippen molar-refractivity contribution in [1.82, 2.24) is 4.90 Å². The quantitative estimate of drug-likeness (QED) is 0.828. The van der Waals surface area contributed by atoms with Crippen LogP contribution in [-0.4, -0.2) is 42.9 Å². The van der Waals surface area contributed by atoms with E-state index in [4.69, 9.17) is 0 Å². The predicted molar refractivity (Wildman–Crippen MR) is 115 cm³/mol. The first-order valence-electron chi connectivity index (χ1n) is 10.7. The minimum absolute atomic E-state index is 0.00776. The average molecular weight is 386 g/mol. The zero-order chi connectivity index (χ0) is 20.3. The van der Waals surface area contributed by atoms with Crippen LogP contribution in [0.5, 0.6) is 0 Å². The van der Waals surface area contributed by atoms with Gasteiger partial charge in [-0.1, -0.05) is 27.7 Å². The van der Waals surface area contributed by atoms with E-state index in [1.807, 2.05) is 23.1 Å². The van der Waals surface area contributed by atoms with Gasteiger partial charge in [0.25, 0.3) is 5.91 Å². The van der Waals surface area contributed by atoms with E-state index in [0.29, 0.717) is 12.1 Å². The second-order valence-electron chi connectivity index (χ2n) is 9.69. The summed E-state index contributed by atoms with van der Waals surface area (Å²) in [6.45, 7) is 12.1. The number of rotatable bonds is 4. The van der Waals surface area contributed by atoms with Crippen molar-refractivity contribution in [3.05, 3.63) is 23.8 Å². The van der Waals surface area contributed by atoms with Gasteiger partial charge in [0.1, 0.15) is 0 Å². The molecule has 0 bridgehead atoms. The summed E-state index contributed by atoms with van der Waals surface area (Å²) in [5.74, 6) is 0.828. The summed E-state index contributed by atoms with van der Waals surface area (Å²) in [7, 11) is 0. The van der Waals surface area contributed by atoms with Crippen molar-refractivity contribution in [2.75, 3.05) is 36.4 Å². The SMILES string of the molecule is CC1CCN(c2ccc(NC(=O)CC(C)(C)C)cc2C(=O)N2CCCC2)CC1. The Bertz CT molecular complexity index is 709. The maximum Gasteiger partial charge on any atom is 0.256 e. The van der Waals surface area contributed by atoms with Crippen LogP contribution in [0.1, 0.15) is 70.2 Å². The van der Waals surface area contributed by atoms with Crippen molar-refractivity contribution in [1.29, 1.82) is 0 Å². The third kappa shape index (κ3) is 5.27. The molecule has 1 aromatic rings. The first-order valence-corrected chi connectivity index (χ1v) is 10.7. The van der Waals surface area contributed by atoms with Crippen LogP contribution < -0.4 is 10.2 Å². The van der Waals surface area contributed by atoms with Gasteiger partial charge >= 0.3 is 0 Å². The zero-order valence-corrected chi connectivity index (χ0v) is 17.9. The summed E-state index contributed by atoms with van der Waals surface area (Å²) >= 11 is 0. The molecule has 0 aliphatic carbocycles. The molecule has 3 rings (SSSR count). The highest BCUT2D eigenvalue weighted by molar-refractivity contribution is 6.02. The van der Waals surface area contributed by atoms with Gasteiger partial charge in [-0.25, -0.2) is 0 Å². The number of carbonyl (C=O) groups is 2. The number of benzene rings is 1. The first kappa shape index (κ1) is 20.7. The smallest absolute Gasteiger partial charge is 0.256 e. The summed E-state index contributed by atoms with van der Waals surface area (Å²) in [5.41, 5.74) is 2.39. The number of carbonyl (C=O) groups excluding carboxylic acids is 2. The molecular formula is C23H35N3O2. The normalized spacial score (nSPS) is 18.4. The maximum atomic E-state index is 13.2. The minimum atomic E-state index is -0.0667. The van der Waals surface area contributed by atoms with Crippen molar-refractivity contribution in [2.45, 2.75) is 59.8 Å². The van der Waals surface area contributed by atoms with Crippen molar-refractivity contribution in [3.63, 3.8) is 0 Å². The third-order valence-electron chi connectivity index (χ3n) is 5.72. The van der Waals surface area contributed by atoms with Crippen molar-refractivity contribution >= 4 is 23.2 Å². The predicted octanol–water partition coefficient (Wildman–Crippen LogP) is 4.53. The van der Waals surface area contributed by atoms with Crippen LogP contribution >= 0.6 is 0 Å². The number of amides is 2. The van der Waals surface area contributed by atoms with Gasteiger partial charge in [0.2, 0.25) is 5.91 Å². The van der Waals surface area contributed by atoms with Crippen LogP contribution in [0.15, 0.2) is 18.2 Å². The van der Waals surface area contributed by atoms with Gasteiger partial charge in [0.05, 0.1) is 5.56 Å². The molecule has 2 aliphatic rings. The Morgan fingerprint density at radius 3 is 2.32 bits per heavy atom. The second kappa shape index (κ2) is 8.54. The average Bonchev–Trinajstić information content (AvgIpc) is 3.15. The summed E-state index contributed by atoms with van der Waals surface area (Å²) in [6.07, 6.45) is 4.91. The number of anilines is 2. The molecule has 154 valence electrons. The molecule has 0 radical (unpaired) electrons. The summed E-state index contributed by atoms with van der Waals surface area (Å²) in [6, 6.07) is 5.84. The zero-order valence-electron chi connectivity index (χ0n) is 17.9. The summed E-state index contributed by atoms with van der Waals surface area (Å²) < 4.78 is 0. The lowest BCUT2D eigenvalue weighted by Crippen LogP contribution is -2.35. The van der Waals surface area contributed by atoms with Gasteiger partial charge in [-0.2, -0.15) is 0 Å².